The molecule has 0 aromatic carbocycles. The van der Waals surface area contributed by atoms with Crippen LogP contribution in [0.15, 0.2) is 18.3 Å². The maximum atomic E-state index is 8.64. The first-order valence-electron chi connectivity index (χ1n) is 5.51. The second-order valence-electron chi connectivity index (χ2n) is 4.09. The fraction of sp³-hybridized carbons (Fsp3) is 0.500. The molecule has 0 radical (unpaired) electrons. The van der Waals surface area contributed by atoms with E-state index in [1.807, 2.05) is 12.1 Å². The number of nitrogens with one attached hydrogen (secondary N) is 1. The molecule has 1 aromatic heterocycles. The van der Waals surface area contributed by atoms with Crippen LogP contribution in [0.4, 0.5) is 5.69 Å². The number of pyridine rings is 1. The molecule has 90 valence electrons. The lowest BCUT2D eigenvalue weighted by molar-refractivity contribution is -0.00620. The zero-order valence-electron chi connectivity index (χ0n) is 9.77. The average molecular weight is 233 g/mol. The van der Waals surface area contributed by atoms with E-state index in [4.69, 9.17) is 14.7 Å². The smallest absolute Gasteiger partial charge is 0.140 e. The minimum Gasteiger partial charge on any atom is -0.381 e. The molecule has 0 bridgehead atoms. The molecule has 0 saturated carbocycles. The van der Waals surface area contributed by atoms with Crippen LogP contribution >= 0.6 is 0 Å². The zero-order valence-corrected chi connectivity index (χ0v) is 9.77. The van der Waals surface area contributed by atoms with Gasteiger partial charge in [-0.1, -0.05) is 0 Å². The molecule has 1 aliphatic rings. The van der Waals surface area contributed by atoms with Crippen molar-refractivity contribution in [2.45, 2.75) is 12.0 Å². The quantitative estimate of drug-likeness (QED) is 0.845. The van der Waals surface area contributed by atoms with Crippen LogP contribution in [0.2, 0.25) is 0 Å². The third-order valence-electron chi connectivity index (χ3n) is 2.99. The average Bonchev–Trinajstić information content (AvgIpc) is 2.86. The predicted molar refractivity (Wildman–Crippen MR) is 62.6 cm³/mol. The molecule has 1 saturated heterocycles. The standard InChI is InChI=1S/C12H15N3O2/c1-16-12(4-5-17-9-12)8-15-11-3-2-10(6-13)14-7-11/h2-3,7,15H,4-5,8-9H2,1H3. The minimum absolute atomic E-state index is 0.242. The number of rotatable bonds is 4. The Morgan fingerprint density at radius 3 is 3.06 bits per heavy atom. The molecule has 1 unspecified atom stereocenters. The second kappa shape index (κ2) is 5.13. The molecule has 2 rings (SSSR count). The normalized spacial score (nSPS) is 23.3. The van der Waals surface area contributed by atoms with Gasteiger partial charge >= 0.3 is 0 Å². The van der Waals surface area contributed by atoms with Crippen molar-refractivity contribution < 1.29 is 9.47 Å². The Morgan fingerprint density at radius 2 is 2.53 bits per heavy atom. The van der Waals surface area contributed by atoms with E-state index in [0.717, 1.165) is 18.7 Å². The van der Waals surface area contributed by atoms with Gasteiger partial charge in [-0.05, 0) is 12.1 Å². The van der Waals surface area contributed by atoms with Gasteiger partial charge < -0.3 is 14.8 Å². The molecule has 0 aliphatic carbocycles. The second-order valence-corrected chi connectivity index (χ2v) is 4.09. The van der Waals surface area contributed by atoms with Crippen molar-refractivity contribution in [2.24, 2.45) is 0 Å². The topological polar surface area (TPSA) is 67.2 Å². The molecule has 5 heteroatoms. The number of aromatic nitrogens is 1. The van der Waals surface area contributed by atoms with Gasteiger partial charge in [0.25, 0.3) is 0 Å². The van der Waals surface area contributed by atoms with Crippen molar-refractivity contribution >= 4 is 5.69 Å². The summed E-state index contributed by atoms with van der Waals surface area (Å²) < 4.78 is 10.9. The molecule has 1 aromatic rings. The Labute approximate surface area is 100 Å². The zero-order chi connectivity index (χ0) is 12.1. The molecular formula is C12H15N3O2. The van der Waals surface area contributed by atoms with Crippen molar-refractivity contribution in [1.82, 2.24) is 4.98 Å². The summed E-state index contributed by atoms with van der Waals surface area (Å²) in [5.41, 5.74) is 1.06. The maximum absolute atomic E-state index is 8.64. The van der Waals surface area contributed by atoms with E-state index in [-0.39, 0.29) is 5.60 Å². The summed E-state index contributed by atoms with van der Waals surface area (Å²) in [6.45, 7) is 2.03. The molecule has 1 atom stereocenters. The first-order valence-corrected chi connectivity index (χ1v) is 5.51. The van der Waals surface area contributed by atoms with Crippen LogP contribution in [-0.4, -0.2) is 37.5 Å². The SMILES string of the molecule is COC1(CNc2ccc(C#N)nc2)CCOC1. The highest BCUT2D eigenvalue weighted by Crippen LogP contribution is 2.23. The highest BCUT2D eigenvalue weighted by molar-refractivity contribution is 5.43. The van der Waals surface area contributed by atoms with Crippen molar-refractivity contribution in [2.75, 3.05) is 32.2 Å². The van der Waals surface area contributed by atoms with E-state index in [0.29, 0.717) is 18.8 Å². The van der Waals surface area contributed by atoms with Crippen LogP contribution in [-0.2, 0) is 9.47 Å². The van der Waals surface area contributed by atoms with Crippen LogP contribution in [0.5, 0.6) is 0 Å². The van der Waals surface area contributed by atoms with Crippen molar-refractivity contribution in [3.05, 3.63) is 24.0 Å². The Kier molecular flexibility index (Phi) is 3.57. The molecule has 2 heterocycles. The third-order valence-corrected chi connectivity index (χ3v) is 2.99. The van der Waals surface area contributed by atoms with Crippen molar-refractivity contribution in [3.63, 3.8) is 0 Å². The Hall–Kier alpha value is -1.64. The summed E-state index contributed by atoms with van der Waals surface area (Å²) in [6, 6.07) is 5.51. The third kappa shape index (κ3) is 2.73. The number of hydrogen-bond donors (Lipinski definition) is 1. The first kappa shape index (κ1) is 11.8. The number of methoxy groups -OCH3 is 1. The van der Waals surface area contributed by atoms with E-state index in [9.17, 15) is 0 Å². The van der Waals surface area contributed by atoms with Gasteiger partial charge in [-0.3, -0.25) is 0 Å². The lowest BCUT2D eigenvalue weighted by atomic mass is 10.0. The number of anilines is 1. The fourth-order valence-electron chi connectivity index (χ4n) is 1.79. The first-order chi connectivity index (χ1) is 8.28. The van der Waals surface area contributed by atoms with Crippen LogP contribution < -0.4 is 5.32 Å². The van der Waals surface area contributed by atoms with Crippen molar-refractivity contribution in [1.29, 1.82) is 5.26 Å². The van der Waals surface area contributed by atoms with Gasteiger partial charge in [0.2, 0.25) is 0 Å². The number of nitrogens with zero attached hydrogens (tertiary/aromatic N) is 2. The lowest BCUT2D eigenvalue weighted by Crippen LogP contribution is -2.39. The van der Waals surface area contributed by atoms with Crippen LogP contribution in [0.3, 0.4) is 0 Å². The molecule has 0 spiro atoms. The van der Waals surface area contributed by atoms with E-state index in [1.165, 1.54) is 0 Å². The monoisotopic (exact) mass is 233 g/mol. The summed E-state index contributed by atoms with van der Waals surface area (Å²) in [4.78, 5) is 4.00. The van der Waals surface area contributed by atoms with Crippen LogP contribution in [0.1, 0.15) is 12.1 Å². The van der Waals surface area contributed by atoms with E-state index in [1.54, 1.807) is 19.4 Å². The molecule has 17 heavy (non-hydrogen) atoms. The predicted octanol–water partition coefficient (Wildman–Crippen LogP) is 1.17. The van der Waals surface area contributed by atoms with Gasteiger partial charge in [0, 0.05) is 26.7 Å². The molecule has 1 fully saturated rings. The van der Waals surface area contributed by atoms with E-state index >= 15 is 0 Å². The summed E-state index contributed by atoms with van der Waals surface area (Å²) in [6.07, 6.45) is 2.54. The Bertz CT molecular complexity index is 405. The highest BCUT2D eigenvalue weighted by Gasteiger charge is 2.34. The van der Waals surface area contributed by atoms with Gasteiger partial charge in [-0.15, -0.1) is 0 Å². The molecule has 1 aliphatic heterocycles. The summed E-state index contributed by atoms with van der Waals surface area (Å²) in [5.74, 6) is 0. The van der Waals surface area contributed by atoms with Gasteiger partial charge in [-0.25, -0.2) is 4.98 Å². The maximum Gasteiger partial charge on any atom is 0.140 e. The van der Waals surface area contributed by atoms with E-state index in [2.05, 4.69) is 10.3 Å². The van der Waals surface area contributed by atoms with Gasteiger partial charge in [0.05, 0.1) is 18.5 Å². The minimum atomic E-state index is -0.242. The fourth-order valence-corrected chi connectivity index (χ4v) is 1.79. The van der Waals surface area contributed by atoms with E-state index < -0.39 is 0 Å². The largest absolute Gasteiger partial charge is 0.381 e. The van der Waals surface area contributed by atoms with Gasteiger partial charge in [-0.2, -0.15) is 5.26 Å². The number of ether oxygens (including phenoxy) is 2. The summed E-state index contributed by atoms with van der Waals surface area (Å²) in [7, 11) is 1.70. The molecule has 5 nitrogen and oxygen atoms in total. The molecular weight excluding hydrogens is 218 g/mol. The number of nitriles is 1. The van der Waals surface area contributed by atoms with Crippen molar-refractivity contribution in [3.8, 4) is 6.07 Å². The summed E-state index contributed by atoms with van der Waals surface area (Å²) in [5, 5.41) is 11.9. The Morgan fingerprint density at radius 1 is 1.65 bits per heavy atom. The summed E-state index contributed by atoms with van der Waals surface area (Å²) >= 11 is 0. The van der Waals surface area contributed by atoms with Gasteiger partial charge in [0.15, 0.2) is 0 Å². The van der Waals surface area contributed by atoms with Crippen LogP contribution in [0, 0.1) is 11.3 Å². The lowest BCUT2D eigenvalue weighted by Gasteiger charge is -2.26. The number of hydrogen-bond acceptors (Lipinski definition) is 5. The molecule has 1 N–H and O–H groups in total. The van der Waals surface area contributed by atoms with Crippen LogP contribution in [0.25, 0.3) is 0 Å². The Balaban J connectivity index is 1.94. The highest BCUT2D eigenvalue weighted by atomic mass is 16.5. The molecule has 0 amide bonds. The van der Waals surface area contributed by atoms with Gasteiger partial charge in [0.1, 0.15) is 17.4 Å².